The van der Waals surface area contributed by atoms with Gasteiger partial charge in [0.2, 0.25) is 5.91 Å². The Hall–Kier alpha value is -1.50. The summed E-state index contributed by atoms with van der Waals surface area (Å²) in [5, 5.41) is 0. The first kappa shape index (κ1) is 18.3. The minimum Gasteiger partial charge on any atom is -0.363 e. The molecule has 2 aliphatic rings. The second kappa shape index (κ2) is 7.81. The number of rotatable bonds is 5. The summed E-state index contributed by atoms with van der Waals surface area (Å²) in [6.07, 6.45) is 3.78. The third kappa shape index (κ3) is 4.19. The molecule has 2 aliphatic heterocycles. The van der Waals surface area contributed by atoms with Crippen molar-refractivity contribution in [3.05, 3.63) is 30.1 Å². The zero-order valence-corrected chi connectivity index (χ0v) is 15.6. The van der Waals surface area contributed by atoms with Gasteiger partial charge >= 0.3 is 0 Å². The second-order valence-corrected chi connectivity index (χ2v) is 7.52. The number of amides is 1. The maximum Gasteiger partial charge on any atom is 0.248 e. The van der Waals surface area contributed by atoms with Crippen molar-refractivity contribution in [1.82, 2.24) is 19.7 Å². The topological polar surface area (TPSA) is 48.9 Å². The summed E-state index contributed by atoms with van der Waals surface area (Å²) in [5.41, 5.74) is 0.916. The van der Waals surface area contributed by atoms with Crippen LogP contribution in [0, 0.1) is 0 Å². The highest BCUT2D eigenvalue weighted by Crippen LogP contribution is 2.35. The summed E-state index contributed by atoms with van der Waals surface area (Å²) in [4.78, 5) is 23.3. The number of carbonyl (C=O) groups is 1. The van der Waals surface area contributed by atoms with Gasteiger partial charge in [0.1, 0.15) is 6.61 Å². The predicted octanol–water partition coefficient (Wildman–Crippen LogP) is 1.23. The number of morpholine rings is 1. The maximum atomic E-state index is 12.3. The molecule has 6 heteroatoms. The van der Waals surface area contributed by atoms with Crippen LogP contribution >= 0.6 is 0 Å². The average Bonchev–Trinajstić information content (AvgIpc) is 2.61. The standard InChI is InChI=1S/C19H30N4O2/c1-16-19(25-15-18(24)23(16)13-12-21(2)3)7-10-22(11-8-19)14-17-6-4-5-9-20-17/h4-6,9,16H,7-8,10-15H2,1-3H3/t16-/m0/s1. The van der Waals surface area contributed by atoms with Crippen molar-refractivity contribution in [1.29, 1.82) is 0 Å². The molecule has 3 heterocycles. The lowest BCUT2D eigenvalue weighted by atomic mass is 9.82. The fourth-order valence-corrected chi connectivity index (χ4v) is 3.91. The first-order chi connectivity index (χ1) is 12.0. The Morgan fingerprint density at radius 3 is 2.72 bits per heavy atom. The SMILES string of the molecule is C[C@@H]1N(CCN(C)C)C(=O)COC12CCN(Cc1ccccn1)CC2. The number of carbonyl (C=O) groups excluding carboxylic acids is 1. The summed E-state index contributed by atoms with van der Waals surface area (Å²) in [6.45, 7) is 6.88. The molecule has 1 atom stereocenters. The van der Waals surface area contributed by atoms with Crippen molar-refractivity contribution in [3.8, 4) is 0 Å². The molecule has 1 aromatic heterocycles. The summed E-state index contributed by atoms with van der Waals surface area (Å²) in [6, 6.07) is 6.19. The highest BCUT2D eigenvalue weighted by atomic mass is 16.5. The minimum absolute atomic E-state index is 0.121. The van der Waals surface area contributed by atoms with E-state index in [1.54, 1.807) is 0 Å². The first-order valence-electron chi connectivity index (χ1n) is 9.21. The molecule has 3 rings (SSSR count). The molecular formula is C19H30N4O2. The van der Waals surface area contributed by atoms with E-state index >= 15 is 0 Å². The van der Waals surface area contributed by atoms with Crippen LogP contribution in [-0.2, 0) is 16.1 Å². The molecule has 1 spiro atoms. The van der Waals surface area contributed by atoms with E-state index in [1.807, 2.05) is 37.3 Å². The summed E-state index contributed by atoms with van der Waals surface area (Å²) in [7, 11) is 4.09. The van der Waals surface area contributed by atoms with Crippen molar-refractivity contribution in [2.24, 2.45) is 0 Å². The zero-order valence-electron chi connectivity index (χ0n) is 15.6. The number of ether oxygens (including phenoxy) is 1. The van der Waals surface area contributed by atoms with Gasteiger partial charge in [0.15, 0.2) is 0 Å². The van der Waals surface area contributed by atoms with Crippen LogP contribution in [0.5, 0.6) is 0 Å². The van der Waals surface area contributed by atoms with Gasteiger partial charge in [-0.05, 0) is 46.0 Å². The fourth-order valence-electron chi connectivity index (χ4n) is 3.91. The summed E-state index contributed by atoms with van der Waals surface area (Å²) in [5.74, 6) is 0.121. The van der Waals surface area contributed by atoms with Crippen LogP contribution in [0.25, 0.3) is 0 Å². The van der Waals surface area contributed by atoms with Gasteiger partial charge < -0.3 is 14.5 Å². The van der Waals surface area contributed by atoms with Crippen molar-refractivity contribution < 1.29 is 9.53 Å². The Bertz CT molecular complexity index is 570. The third-order valence-corrected chi connectivity index (χ3v) is 5.63. The molecule has 0 N–H and O–H groups in total. The molecule has 0 unspecified atom stereocenters. The van der Waals surface area contributed by atoms with Crippen molar-refractivity contribution in [2.75, 3.05) is 46.9 Å². The molecule has 2 fully saturated rings. The summed E-state index contributed by atoms with van der Waals surface area (Å²) < 4.78 is 6.12. The lowest BCUT2D eigenvalue weighted by molar-refractivity contribution is -0.187. The highest BCUT2D eigenvalue weighted by molar-refractivity contribution is 5.78. The van der Waals surface area contributed by atoms with E-state index < -0.39 is 0 Å². The second-order valence-electron chi connectivity index (χ2n) is 7.52. The number of nitrogens with zero attached hydrogens (tertiary/aromatic N) is 4. The number of hydrogen-bond donors (Lipinski definition) is 0. The van der Waals surface area contributed by atoms with Crippen LogP contribution in [-0.4, -0.2) is 84.1 Å². The Labute approximate surface area is 150 Å². The molecule has 25 heavy (non-hydrogen) atoms. The van der Waals surface area contributed by atoms with Crippen molar-refractivity contribution in [3.63, 3.8) is 0 Å². The smallest absolute Gasteiger partial charge is 0.248 e. The lowest BCUT2D eigenvalue weighted by Crippen LogP contribution is -2.64. The van der Waals surface area contributed by atoms with E-state index in [4.69, 9.17) is 4.74 Å². The van der Waals surface area contributed by atoms with Gasteiger partial charge in [-0.2, -0.15) is 0 Å². The van der Waals surface area contributed by atoms with E-state index in [1.165, 1.54) is 0 Å². The van der Waals surface area contributed by atoms with Crippen LogP contribution in [0.3, 0.4) is 0 Å². The molecular weight excluding hydrogens is 316 g/mol. The molecule has 2 saturated heterocycles. The van der Waals surface area contributed by atoms with E-state index in [0.29, 0.717) is 0 Å². The quantitative estimate of drug-likeness (QED) is 0.802. The number of piperidine rings is 1. The van der Waals surface area contributed by atoms with E-state index in [-0.39, 0.29) is 24.2 Å². The molecule has 1 aromatic rings. The minimum atomic E-state index is -0.194. The lowest BCUT2D eigenvalue weighted by Gasteiger charge is -2.51. The van der Waals surface area contributed by atoms with Gasteiger partial charge in [0.05, 0.1) is 17.3 Å². The van der Waals surface area contributed by atoms with Crippen LogP contribution in [0.2, 0.25) is 0 Å². The first-order valence-corrected chi connectivity index (χ1v) is 9.21. The predicted molar refractivity (Wildman–Crippen MR) is 97.2 cm³/mol. The Morgan fingerprint density at radius 2 is 2.08 bits per heavy atom. The van der Waals surface area contributed by atoms with Crippen LogP contribution in [0.15, 0.2) is 24.4 Å². The van der Waals surface area contributed by atoms with E-state index in [2.05, 4.69) is 27.8 Å². The monoisotopic (exact) mass is 346 g/mol. The number of likely N-dealkylation sites (N-methyl/N-ethyl adjacent to an activating group) is 1. The van der Waals surface area contributed by atoms with E-state index in [9.17, 15) is 4.79 Å². The van der Waals surface area contributed by atoms with Gasteiger partial charge in [-0.15, -0.1) is 0 Å². The van der Waals surface area contributed by atoms with Crippen molar-refractivity contribution >= 4 is 5.91 Å². The van der Waals surface area contributed by atoms with Crippen LogP contribution in [0.1, 0.15) is 25.5 Å². The average molecular weight is 346 g/mol. The Kier molecular flexibility index (Phi) is 5.71. The molecule has 0 radical (unpaired) electrons. The molecule has 0 aliphatic carbocycles. The number of hydrogen-bond acceptors (Lipinski definition) is 5. The van der Waals surface area contributed by atoms with Crippen LogP contribution < -0.4 is 0 Å². The molecule has 0 bridgehead atoms. The Morgan fingerprint density at radius 1 is 1.32 bits per heavy atom. The molecule has 0 aromatic carbocycles. The largest absolute Gasteiger partial charge is 0.363 e. The molecule has 1 amide bonds. The number of aromatic nitrogens is 1. The third-order valence-electron chi connectivity index (χ3n) is 5.63. The fraction of sp³-hybridized carbons (Fsp3) is 0.684. The zero-order chi connectivity index (χ0) is 17.9. The van der Waals surface area contributed by atoms with Gasteiger partial charge in [-0.3, -0.25) is 14.7 Å². The van der Waals surface area contributed by atoms with E-state index in [0.717, 1.165) is 51.3 Å². The number of pyridine rings is 1. The molecule has 138 valence electrons. The van der Waals surface area contributed by atoms with Gasteiger partial charge in [0, 0.05) is 38.9 Å². The maximum absolute atomic E-state index is 12.3. The molecule has 6 nitrogen and oxygen atoms in total. The number of likely N-dealkylation sites (tertiary alicyclic amines) is 1. The van der Waals surface area contributed by atoms with Gasteiger partial charge in [0.25, 0.3) is 0 Å². The van der Waals surface area contributed by atoms with Crippen LogP contribution in [0.4, 0.5) is 0 Å². The molecule has 0 saturated carbocycles. The normalized spacial score (nSPS) is 24.2. The summed E-state index contributed by atoms with van der Waals surface area (Å²) >= 11 is 0. The van der Waals surface area contributed by atoms with Gasteiger partial charge in [-0.25, -0.2) is 0 Å². The highest BCUT2D eigenvalue weighted by Gasteiger charge is 2.47. The van der Waals surface area contributed by atoms with Crippen molar-refractivity contribution in [2.45, 2.75) is 38.0 Å². The van der Waals surface area contributed by atoms with Gasteiger partial charge in [-0.1, -0.05) is 6.07 Å². The Balaban J connectivity index is 1.60.